The minimum Gasteiger partial charge on any atom is -0.497 e. The molecule has 0 bridgehead atoms. The van der Waals surface area contributed by atoms with Gasteiger partial charge in [-0.1, -0.05) is 36.4 Å². The fraction of sp³-hybridized carbons (Fsp3) is 0.300. The minimum absolute atomic E-state index is 0.154. The Morgan fingerprint density at radius 2 is 1.75 bits per heavy atom. The van der Waals surface area contributed by atoms with E-state index in [-0.39, 0.29) is 24.3 Å². The van der Waals surface area contributed by atoms with Gasteiger partial charge >= 0.3 is 0 Å². The first-order chi connectivity index (χ1) is 19.1. The Morgan fingerprint density at radius 1 is 1.02 bits per heavy atom. The lowest BCUT2D eigenvalue weighted by Gasteiger charge is -2.34. The summed E-state index contributed by atoms with van der Waals surface area (Å²) in [7, 11) is 1.55. The van der Waals surface area contributed by atoms with Crippen molar-refractivity contribution in [3.05, 3.63) is 78.4 Å². The van der Waals surface area contributed by atoms with E-state index in [4.69, 9.17) is 4.74 Å². The molecule has 40 heavy (non-hydrogen) atoms. The number of aromatic nitrogens is 3. The highest BCUT2D eigenvalue weighted by Gasteiger charge is 2.35. The van der Waals surface area contributed by atoms with E-state index >= 15 is 0 Å². The van der Waals surface area contributed by atoms with Gasteiger partial charge in [0, 0.05) is 23.8 Å². The molecular weight excluding hydrogens is 508 g/mol. The van der Waals surface area contributed by atoms with Crippen LogP contribution in [0.1, 0.15) is 45.7 Å². The van der Waals surface area contributed by atoms with E-state index in [1.54, 1.807) is 55.6 Å². The van der Waals surface area contributed by atoms with Gasteiger partial charge in [0.15, 0.2) is 0 Å². The number of hydrogen-bond donors (Lipinski definition) is 2. The number of methoxy groups -OCH3 is 1. The minimum atomic E-state index is -1.03. The number of benzene rings is 3. The molecule has 0 aliphatic carbocycles. The quantitative estimate of drug-likeness (QED) is 0.305. The average molecular weight is 543 g/mol. The molecule has 3 aromatic carbocycles. The fourth-order valence-corrected chi connectivity index (χ4v) is 4.30. The molecule has 0 aliphatic rings. The Kier molecular flexibility index (Phi) is 8.47. The van der Waals surface area contributed by atoms with E-state index in [0.29, 0.717) is 40.1 Å². The highest BCUT2D eigenvalue weighted by Crippen LogP contribution is 2.32. The standard InChI is InChI=1S/C30H34N6O4/c1-6-30(3,4)32-29(39)28(21-10-9-11-24(18-21)40-5)36(23-16-14-22(15-17-23)31-20(2)37)27(38)19-35-26-13-8-7-12-25(26)33-34-35/h7-18,28H,6,19H2,1-5H3,(H,31,37)(H,32,39)/t28-/m0/s1. The molecule has 1 heterocycles. The zero-order valence-corrected chi connectivity index (χ0v) is 23.3. The summed E-state index contributed by atoms with van der Waals surface area (Å²) in [5.41, 5.74) is 2.47. The number of anilines is 2. The van der Waals surface area contributed by atoms with Crippen LogP contribution in [0.25, 0.3) is 11.0 Å². The summed E-state index contributed by atoms with van der Waals surface area (Å²) >= 11 is 0. The average Bonchev–Trinajstić information content (AvgIpc) is 3.34. The van der Waals surface area contributed by atoms with Crippen LogP contribution in [0.2, 0.25) is 0 Å². The number of rotatable bonds is 10. The molecule has 1 atom stereocenters. The topological polar surface area (TPSA) is 118 Å². The number of ether oxygens (including phenoxy) is 1. The first-order valence-electron chi connectivity index (χ1n) is 13.1. The second-order valence-corrected chi connectivity index (χ2v) is 10.1. The van der Waals surface area contributed by atoms with Gasteiger partial charge in [-0.05, 0) is 74.4 Å². The van der Waals surface area contributed by atoms with E-state index < -0.39 is 11.6 Å². The summed E-state index contributed by atoms with van der Waals surface area (Å²) in [5, 5.41) is 14.2. The van der Waals surface area contributed by atoms with Gasteiger partial charge < -0.3 is 15.4 Å². The lowest BCUT2D eigenvalue weighted by Crippen LogP contribution is -2.51. The molecule has 4 rings (SSSR count). The number of nitrogens with one attached hydrogen (secondary N) is 2. The maximum atomic E-state index is 14.2. The van der Waals surface area contributed by atoms with E-state index in [1.807, 2.05) is 45.0 Å². The zero-order chi connectivity index (χ0) is 28.9. The number of hydrogen-bond acceptors (Lipinski definition) is 6. The van der Waals surface area contributed by atoms with Gasteiger partial charge in [0.2, 0.25) is 17.7 Å². The number of carbonyl (C=O) groups excluding carboxylic acids is 3. The van der Waals surface area contributed by atoms with Crippen molar-refractivity contribution in [3.63, 3.8) is 0 Å². The Balaban J connectivity index is 1.84. The Bertz CT molecular complexity index is 1510. The molecule has 0 radical (unpaired) electrons. The predicted octanol–water partition coefficient (Wildman–Crippen LogP) is 4.48. The monoisotopic (exact) mass is 542 g/mol. The van der Waals surface area contributed by atoms with Crippen molar-refractivity contribution in [3.8, 4) is 5.75 Å². The van der Waals surface area contributed by atoms with E-state index in [2.05, 4.69) is 20.9 Å². The van der Waals surface area contributed by atoms with Crippen LogP contribution >= 0.6 is 0 Å². The van der Waals surface area contributed by atoms with E-state index in [1.165, 1.54) is 16.5 Å². The molecule has 0 unspecified atom stereocenters. The van der Waals surface area contributed by atoms with Crippen LogP contribution in [0.3, 0.4) is 0 Å². The maximum Gasteiger partial charge on any atom is 0.249 e. The van der Waals surface area contributed by atoms with Crippen LogP contribution in [0.15, 0.2) is 72.8 Å². The third kappa shape index (κ3) is 6.45. The van der Waals surface area contributed by atoms with Crippen molar-refractivity contribution < 1.29 is 19.1 Å². The van der Waals surface area contributed by atoms with Crippen molar-refractivity contribution in [2.75, 3.05) is 17.3 Å². The van der Waals surface area contributed by atoms with Crippen LogP contribution in [-0.4, -0.2) is 45.4 Å². The van der Waals surface area contributed by atoms with Gasteiger partial charge in [-0.15, -0.1) is 5.10 Å². The molecule has 0 saturated heterocycles. The Labute approximate surface area is 233 Å². The largest absolute Gasteiger partial charge is 0.497 e. The molecule has 208 valence electrons. The SMILES string of the molecule is CCC(C)(C)NC(=O)[C@H](c1cccc(OC)c1)N(C(=O)Cn1nnc2ccccc21)c1ccc(NC(C)=O)cc1. The summed E-state index contributed by atoms with van der Waals surface area (Å²) in [6.07, 6.45) is 0.688. The summed E-state index contributed by atoms with van der Waals surface area (Å²) in [5.74, 6) is -0.377. The van der Waals surface area contributed by atoms with Crippen molar-refractivity contribution in [2.45, 2.75) is 52.2 Å². The number of fused-ring (bicyclic) bond motifs is 1. The normalized spacial score (nSPS) is 12.0. The number of para-hydroxylation sites is 1. The molecule has 0 spiro atoms. The third-order valence-electron chi connectivity index (χ3n) is 6.70. The molecule has 0 aliphatic heterocycles. The Hall–Kier alpha value is -4.73. The second-order valence-electron chi connectivity index (χ2n) is 10.1. The van der Waals surface area contributed by atoms with E-state index in [9.17, 15) is 14.4 Å². The molecular formula is C30H34N6O4. The van der Waals surface area contributed by atoms with Crippen LogP contribution in [0.4, 0.5) is 11.4 Å². The molecule has 10 heteroatoms. The maximum absolute atomic E-state index is 14.2. The van der Waals surface area contributed by atoms with Crippen molar-refractivity contribution in [2.24, 2.45) is 0 Å². The third-order valence-corrected chi connectivity index (χ3v) is 6.70. The molecule has 4 aromatic rings. The first-order valence-corrected chi connectivity index (χ1v) is 13.1. The van der Waals surface area contributed by atoms with Crippen LogP contribution in [-0.2, 0) is 20.9 Å². The van der Waals surface area contributed by atoms with Crippen molar-refractivity contribution in [1.29, 1.82) is 0 Å². The second kappa shape index (κ2) is 12.0. The van der Waals surface area contributed by atoms with Gasteiger partial charge in [0.1, 0.15) is 23.9 Å². The smallest absolute Gasteiger partial charge is 0.249 e. The molecule has 0 saturated carbocycles. The molecule has 0 fully saturated rings. The number of carbonyl (C=O) groups is 3. The van der Waals surface area contributed by atoms with Gasteiger partial charge in [-0.25, -0.2) is 4.68 Å². The molecule has 1 aromatic heterocycles. The zero-order valence-electron chi connectivity index (χ0n) is 23.3. The van der Waals surface area contributed by atoms with Crippen molar-refractivity contribution >= 4 is 40.1 Å². The van der Waals surface area contributed by atoms with Crippen LogP contribution in [0.5, 0.6) is 5.75 Å². The highest BCUT2D eigenvalue weighted by molar-refractivity contribution is 6.02. The van der Waals surface area contributed by atoms with E-state index in [0.717, 1.165) is 0 Å². The lowest BCUT2D eigenvalue weighted by atomic mass is 9.98. The van der Waals surface area contributed by atoms with Crippen LogP contribution in [0, 0.1) is 0 Å². The van der Waals surface area contributed by atoms with Crippen LogP contribution < -0.4 is 20.3 Å². The summed E-state index contributed by atoms with van der Waals surface area (Å²) in [4.78, 5) is 41.2. The molecule has 10 nitrogen and oxygen atoms in total. The predicted molar refractivity (Wildman–Crippen MR) is 154 cm³/mol. The summed E-state index contributed by atoms with van der Waals surface area (Å²) in [6, 6.07) is 20.2. The number of amides is 3. The van der Waals surface area contributed by atoms with Crippen molar-refractivity contribution in [1.82, 2.24) is 20.3 Å². The lowest BCUT2D eigenvalue weighted by molar-refractivity contribution is -0.128. The first kappa shape index (κ1) is 28.3. The van der Waals surface area contributed by atoms with Gasteiger partial charge in [-0.3, -0.25) is 19.3 Å². The Morgan fingerprint density at radius 3 is 2.42 bits per heavy atom. The summed E-state index contributed by atoms with van der Waals surface area (Å²) in [6.45, 7) is 7.12. The highest BCUT2D eigenvalue weighted by atomic mass is 16.5. The van der Waals surface area contributed by atoms with Gasteiger partial charge in [-0.2, -0.15) is 0 Å². The van der Waals surface area contributed by atoms with Gasteiger partial charge in [0.05, 0.1) is 12.6 Å². The van der Waals surface area contributed by atoms with Gasteiger partial charge in [0.25, 0.3) is 0 Å². The number of nitrogens with zero attached hydrogens (tertiary/aromatic N) is 4. The molecule has 3 amide bonds. The fourth-order valence-electron chi connectivity index (χ4n) is 4.30. The molecule has 2 N–H and O–H groups in total. The summed E-state index contributed by atoms with van der Waals surface area (Å²) < 4.78 is 6.96.